The van der Waals surface area contributed by atoms with Crippen molar-refractivity contribution in [2.75, 3.05) is 39.0 Å². The zero-order chi connectivity index (χ0) is 28.2. The first-order chi connectivity index (χ1) is 18.5. The van der Waals surface area contributed by atoms with Gasteiger partial charge in [-0.25, -0.2) is 27.0 Å². The van der Waals surface area contributed by atoms with Gasteiger partial charge in [-0.3, -0.25) is 19.9 Å². The molecule has 0 unspecified atom stereocenters. The highest BCUT2D eigenvalue weighted by atomic mass is 35.5. The predicted molar refractivity (Wildman–Crippen MR) is 151 cm³/mol. The third-order valence-corrected chi connectivity index (χ3v) is 9.26. The monoisotopic (exact) mass is 613 g/mol. The Morgan fingerprint density at radius 1 is 1.05 bits per heavy atom. The summed E-state index contributed by atoms with van der Waals surface area (Å²) in [5.41, 5.74) is 4.26. The number of hydrogen-bond donors (Lipinski definition) is 3. The Morgan fingerprint density at radius 2 is 1.70 bits per heavy atom. The molecule has 2 heterocycles. The standard InChI is InChI=1S/C25H31N5O7S2.ClH/c1-18-15-19(22-5-3-4-6-23(22)27-18)17-37-20-7-9-21(10-8-20)39(35,36)26-16-24(25(31)28-32)29-11-13-30(14-12-29)38(2,33)34;/h3-10,15,24,26,32H,11-14,16-17H2,1-2H3,(H,28,31);1H/t24-;/m0./s1. The smallest absolute Gasteiger partial charge is 0.262 e. The van der Waals surface area contributed by atoms with E-state index in [1.807, 2.05) is 37.3 Å². The number of amides is 1. The summed E-state index contributed by atoms with van der Waals surface area (Å²) in [6.45, 7) is 2.57. The van der Waals surface area contributed by atoms with Crippen LogP contribution in [0.15, 0.2) is 59.5 Å². The Balaban J connectivity index is 0.00000441. The summed E-state index contributed by atoms with van der Waals surface area (Å²) in [4.78, 5) is 18.4. The van der Waals surface area contributed by atoms with Crippen molar-refractivity contribution >= 4 is 49.3 Å². The number of carbonyl (C=O) groups is 1. The Kier molecular flexibility index (Phi) is 10.5. The third-order valence-electron chi connectivity index (χ3n) is 6.52. The van der Waals surface area contributed by atoms with Crippen LogP contribution in [-0.4, -0.2) is 87.2 Å². The molecule has 1 aliphatic rings. The molecule has 218 valence electrons. The normalized spacial score (nSPS) is 15.8. The van der Waals surface area contributed by atoms with Crippen LogP contribution in [0, 0.1) is 6.92 Å². The summed E-state index contributed by atoms with van der Waals surface area (Å²) in [6, 6.07) is 14.6. The van der Waals surface area contributed by atoms with E-state index in [4.69, 9.17) is 4.74 Å². The van der Waals surface area contributed by atoms with Crippen molar-refractivity contribution < 1.29 is 31.6 Å². The number of para-hydroxylation sites is 1. The summed E-state index contributed by atoms with van der Waals surface area (Å²) < 4.78 is 59.0. The van der Waals surface area contributed by atoms with E-state index in [1.54, 1.807) is 22.5 Å². The van der Waals surface area contributed by atoms with Gasteiger partial charge in [0.2, 0.25) is 20.0 Å². The second kappa shape index (κ2) is 13.2. The molecule has 0 radical (unpaired) electrons. The number of pyridine rings is 1. The average Bonchev–Trinajstić information content (AvgIpc) is 2.91. The van der Waals surface area contributed by atoms with Crippen molar-refractivity contribution in [3.8, 4) is 5.75 Å². The van der Waals surface area contributed by atoms with Gasteiger partial charge < -0.3 is 4.74 Å². The van der Waals surface area contributed by atoms with Crippen molar-refractivity contribution in [2.45, 2.75) is 24.5 Å². The molecule has 0 bridgehead atoms. The number of fused-ring (bicyclic) bond motifs is 1. The molecule has 0 aliphatic carbocycles. The Bertz CT molecular complexity index is 1550. The first-order valence-electron chi connectivity index (χ1n) is 12.2. The molecule has 12 nitrogen and oxygen atoms in total. The fourth-order valence-electron chi connectivity index (χ4n) is 4.47. The number of carbonyl (C=O) groups excluding carboxylic acids is 1. The van der Waals surface area contributed by atoms with Crippen molar-refractivity contribution in [1.82, 2.24) is 24.4 Å². The highest BCUT2D eigenvalue weighted by Gasteiger charge is 2.32. The minimum atomic E-state index is -4.00. The minimum Gasteiger partial charge on any atom is -0.489 e. The molecular formula is C25H32ClN5O7S2. The quantitative estimate of drug-likeness (QED) is 0.226. The number of hydroxylamine groups is 1. The van der Waals surface area contributed by atoms with Crippen LogP contribution in [0.3, 0.4) is 0 Å². The highest BCUT2D eigenvalue weighted by Crippen LogP contribution is 2.22. The molecule has 1 aliphatic heterocycles. The fraction of sp³-hybridized carbons (Fsp3) is 0.360. The van der Waals surface area contributed by atoms with Gasteiger partial charge in [-0.2, -0.15) is 4.31 Å². The lowest BCUT2D eigenvalue weighted by molar-refractivity contribution is -0.135. The SMILES string of the molecule is Cc1cc(COc2ccc(S(=O)(=O)NC[C@@H](C(=O)NO)N3CCN(S(C)(=O)=O)CC3)cc2)c2ccccc2n1.Cl. The average molecular weight is 614 g/mol. The molecule has 1 aromatic heterocycles. The molecule has 1 fully saturated rings. The summed E-state index contributed by atoms with van der Waals surface area (Å²) in [5.74, 6) is -0.318. The second-order valence-electron chi connectivity index (χ2n) is 9.24. The van der Waals surface area contributed by atoms with Crippen LogP contribution in [-0.2, 0) is 31.4 Å². The van der Waals surface area contributed by atoms with E-state index in [0.29, 0.717) is 5.75 Å². The molecule has 1 amide bonds. The van der Waals surface area contributed by atoms with E-state index in [-0.39, 0.29) is 56.6 Å². The number of ether oxygens (including phenoxy) is 1. The number of aryl methyl sites for hydroxylation is 1. The molecule has 3 aromatic rings. The van der Waals surface area contributed by atoms with Gasteiger partial charge in [0.1, 0.15) is 18.4 Å². The van der Waals surface area contributed by atoms with E-state index < -0.39 is 32.0 Å². The zero-order valence-corrected chi connectivity index (χ0v) is 24.4. The first-order valence-corrected chi connectivity index (χ1v) is 15.5. The van der Waals surface area contributed by atoms with E-state index in [9.17, 15) is 26.8 Å². The number of aromatic nitrogens is 1. The van der Waals surface area contributed by atoms with E-state index in [2.05, 4.69) is 9.71 Å². The number of nitrogens with one attached hydrogen (secondary N) is 2. The minimum absolute atomic E-state index is 0. The summed E-state index contributed by atoms with van der Waals surface area (Å²) >= 11 is 0. The molecular weight excluding hydrogens is 582 g/mol. The number of nitrogens with zero attached hydrogens (tertiary/aromatic N) is 3. The van der Waals surface area contributed by atoms with Crippen molar-refractivity contribution in [3.05, 3.63) is 65.9 Å². The Labute approximate surface area is 239 Å². The molecule has 2 aromatic carbocycles. The number of sulfonamides is 2. The van der Waals surface area contributed by atoms with Gasteiger partial charge in [0.25, 0.3) is 5.91 Å². The lowest BCUT2D eigenvalue weighted by Gasteiger charge is -2.37. The molecule has 4 rings (SSSR count). The van der Waals surface area contributed by atoms with E-state index in [0.717, 1.165) is 28.4 Å². The molecule has 3 N–H and O–H groups in total. The molecule has 0 spiro atoms. The summed E-state index contributed by atoms with van der Waals surface area (Å²) in [6.07, 6.45) is 1.10. The molecule has 0 saturated carbocycles. The zero-order valence-electron chi connectivity index (χ0n) is 22.0. The van der Waals surface area contributed by atoms with Crippen molar-refractivity contribution in [2.24, 2.45) is 0 Å². The maximum Gasteiger partial charge on any atom is 0.262 e. The van der Waals surface area contributed by atoms with Gasteiger partial charge in [-0.1, -0.05) is 18.2 Å². The Morgan fingerprint density at radius 3 is 2.33 bits per heavy atom. The number of benzene rings is 2. The lowest BCUT2D eigenvalue weighted by Crippen LogP contribution is -2.58. The van der Waals surface area contributed by atoms with Crippen LogP contribution in [0.5, 0.6) is 5.75 Å². The maximum absolute atomic E-state index is 12.9. The first kappa shape index (κ1) is 31.7. The van der Waals surface area contributed by atoms with Crippen LogP contribution in [0.4, 0.5) is 0 Å². The summed E-state index contributed by atoms with van der Waals surface area (Å²) in [5, 5.41) is 10.2. The number of piperazine rings is 1. The lowest BCUT2D eigenvalue weighted by atomic mass is 10.1. The molecule has 1 atom stereocenters. The van der Waals surface area contributed by atoms with Gasteiger partial charge in [0.15, 0.2) is 0 Å². The molecule has 1 saturated heterocycles. The van der Waals surface area contributed by atoms with E-state index in [1.165, 1.54) is 16.4 Å². The van der Waals surface area contributed by atoms with Crippen LogP contribution in [0.2, 0.25) is 0 Å². The number of halogens is 1. The maximum atomic E-state index is 12.9. The van der Waals surface area contributed by atoms with Gasteiger partial charge in [-0.15, -0.1) is 12.4 Å². The van der Waals surface area contributed by atoms with Crippen molar-refractivity contribution in [1.29, 1.82) is 0 Å². The highest BCUT2D eigenvalue weighted by molar-refractivity contribution is 7.89. The van der Waals surface area contributed by atoms with Crippen molar-refractivity contribution in [3.63, 3.8) is 0 Å². The molecule has 15 heteroatoms. The summed E-state index contributed by atoms with van der Waals surface area (Å²) in [7, 11) is -7.37. The number of rotatable bonds is 10. The van der Waals surface area contributed by atoms with Crippen LogP contribution in [0.25, 0.3) is 10.9 Å². The van der Waals surface area contributed by atoms with Crippen LogP contribution in [0.1, 0.15) is 11.3 Å². The van der Waals surface area contributed by atoms with Gasteiger partial charge >= 0.3 is 0 Å². The Hall–Kier alpha value is -2.85. The predicted octanol–water partition coefficient (Wildman–Crippen LogP) is 1.27. The van der Waals surface area contributed by atoms with Gasteiger partial charge in [-0.05, 0) is 43.3 Å². The second-order valence-corrected chi connectivity index (χ2v) is 13.0. The largest absolute Gasteiger partial charge is 0.489 e. The number of hydrogen-bond acceptors (Lipinski definition) is 9. The van der Waals surface area contributed by atoms with Crippen LogP contribution >= 0.6 is 12.4 Å². The van der Waals surface area contributed by atoms with Gasteiger partial charge in [0.05, 0.1) is 16.7 Å². The van der Waals surface area contributed by atoms with Crippen LogP contribution < -0.4 is 14.9 Å². The van der Waals surface area contributed by atoms with Gasteiger partial charge in [0, 0.05) is 49.4 Å². The van der Waals surface area contributed by atoms with E-state index >= 15 is 0 Å². The third kappa shape index (κ3) is 7.66. The topological polar surface area (TPSA) is 158 Å². The molecule has 40 heavy (non-hydrogen) atoms. The fourth-order valence-corrected chi connectivity index (χ4v) is 6.34.